The number of anilines is 2. The quantitative estimate of drug-likeness (QED) is 0.926. The van der Waals surface area contributed by atoms with E-state index in [0.29, 0.717) is 17.2 Å². The summed E-state index contributed by atoms with van der Waals surface area (Å²) < 4.78 is 0. The van der Waals surface area contributed by atoms with E-state index in [2.05, 4.69) is 11.1 Å². The fourth-order valence-electron chi connectivity index (χ4n) is 1.66. The van der Waals surface area contributed by atoms with Gasteiger partial charge in [0.1, 0.15) is 4.88 Å². The van der Waals surface area contributed by atoms with Gasteiger partial charge in [-0.25, -0.2) is 9.78 Å². The SMILES string of the molecule is CCN(c1cccc(C#N)c1)c1ncc(C(=O)O)s1. The maximum atomic E-state index is 10.9. The molecule has 0 atom stereocenters. The Hall–Kier alpha value is -2.39. The first-order valence-corrected chi connectivity index (χ1v) is 6.44. The summed E-state index contributed by atoms with van der Waals surface area (Å²) in [6, 6.07) is 9.22. The van der Waals surface area contributed by atoms with Crippen LogP contribution in [0.15, 0.2) is 30.5 Å². The van der Waals surface area contributed by atoms with E-state index in [1.165, 1.54) is 6.20 Å². The second-order valence-electron chi connectivity index (χ2n) is 3.72. The fourth-order valence-corrected chi connectivity index (χ4v) is 2.50. The minimum absolute atomic E-state index is 0.199. The number of hydrogen-bond donors (Lipinski definition) is 1. The summed E-state index contributed by atoms with van der Waals surface area (Å²) in [6.45, 7) is 2.59. The van der Waals surface area contributed by atoms with E-state index in [1.807, 2.05) is 17.9 Å². The molecule has 0 aliphatic rings. The number of hydrogen-bond acceptors (Lipinski definition) is 5. The minimum Gasteiger partial charge on any atom is -0.477 e. The van der Waals surface area contributed by atoms with Gasteiger partial charge < -0.3 is 10.0 Å². The molecule has 0 amide bonds. The van der Waals surface area contributed by atoms with Crippen LogP contribution in [-0.2, 0) is 0 Å². The second-order valence-corrected chi connectivity index (χ2v) is 4.73. The van der Waals surface area contributed by atoms with Crippen molar-refractivity contribution in [1.82, 2.24) is 4.98 Å². The number of rotatable bonds is 4. The Bertz CT molecular complexity index is 645. The highest BCUT2D eigenvalue weighted by atomic mass is 32.1. The molecule has 5 nitrogen and oxygen atoms in total. The average molecular weight is 273 g/mol. The number of carboxylic acids is 1. The van der Waals surface area contributed by atoms with E-state index in [1.54, 1.807) is 18.2 Å². The molecular formula is C13H11N3O2S. The first-order chi connectivity index (χ1) is 9.15. The van der Waals surface area contributed by atoms with Crippen molar-refractivity contribution in [3.05, 3.63) is 40.9 Å². The molecule has 0 saturated heterocycles. The van der Waals surface area contributed by atoms with E-state index in [-0.39, 0.29) is 4.88 Å². The molecule has 0 bridgehead atoms. The lowest BCUT2D eigenvalue weighted by Gasteiger charge is -2.19. The molecule has 0 fully saturated rings. The van der Waals surface area contributed by atoms with Gasteiger partial charge >= 0.3 is 5.97 Å². The van der Waals surface area contributed by atoms with E-state index < -0.39 is 5.97 Å². The molecule has 0 saturated carbocycles. The third kappa shape index (κ3) is 2.72. The van der Waals surface area contributed by atoms with Crippen LogP contribution < -0.4 is 4.90 Å². The summed E-state index contributed by atoms with van der Waals surface area (Å²) in [5, 5.41) is 18.4. The van der Waals surface area contributed by atoms with Gasteiger partial charge in [-0.05, 0) is 25.1 Å². The van der Waals surface area contributed by atoms with Crippen molar-refractivity contribution in [2.24, 2.45) is 0 Å². The molecule has 6 heteroatoms. The summed E-state index contributed by atoms with van der Waals surface area (Å²) in [4.78, 5) is 17.1. The van der Waals surface area contributed by atoms with Crippen molar-refractivity contribution in [3.63, 3.8) is 0 Å². The van der Waals surface area contributed by atoms with Gasteiger partial charge in [-0.2, -0.15) is 5.26 Å². The van der Waals surface area contributed by atoms with Crippen molar-refractivity contribution < 1.29 is 9.90 Å². The topological polar surface area (TPSA) is 77.2 Å². The third-order valence-electron chi connectivity index (χ3n) is 2.54. The third-order valence-corrected chi connectivity index (χ3v) is 3.55. The molecule has 19 heavy (non-hydrogen) atoms. The van der Waals surface area contributed by atoms with E-state index in [0.717, 1.165) is 17.0 Å². The molecular weight excluding hydrogens is 262 g/mol. The summed E-state index contributed by atoms with van der Waals surface area (Å²) in [5.74, 6) is -0.981. The highest BCUT2D eigenvalue weighted by molar-refractivity contribution is 7.17. The highest BCUT2D eigenvalue weighted by Gasteiger charge is 2.15. The van der Waals surface area contributed by atoms with Crippen LogP contribution in [0.2, 0.25) is 0 Å². The number of benzene rings is 1. The highest BCUT2D eigenvalue weighted by Crippen LogP contribution is 2.29. The van der Waals surface area contributed by atoms with Crippen LogP contribution in [0.5, 0.6) is 0 Å². The van der Waals surface area contributed by atoms with Crippen LogP contribution in [0.4, 0.5) is 10.8 Å². The van der Waals surface area contributed by atoms with E-state index >= 15 is 0 Å². The Morgan fingerprint density at radius 1 is 1.58 bits per heavy atom. The number of carbonyl (C=O) groups is 1. The van der Waals surface area contributed by atoms with Gasteiger partial charge in [0.25, 0.3) is 0 Å². The summed E-state index contributed by atoms with van der Waals surface area (Å²) in [6.07, 6.45) is 1.35. The maximum Gasteiger partial charge on any atom is 0.347 e. The lowest BCUT2D eigenvalue weighted by atomic mass is 10.2. The summed E-state index contributed by atoms with van der Waals surface area (Å²) in [5.41, 5.74) is 1.39. The minimum atomic E-state index is -0.981. The van der Waals surface area contributed by atoms with Crippen LogP contribution in [0.3, 0.4) is 0 Å². The van der Waals surface area contributed by atoms with Gasteiger partial charge in [-0.1, -0.05) is 17.4 Å². The van der Waals surface area contributed by atoms with Gasteiger partial charge in [-0.3, -0.25) is 0 Å². The Kier molecular flexibility index (Phi) is 3.78. The molecule has 0 aliphatic heterocycles. The average Bonchev–Trinajstić information content (AvgIpc) is 2.90. The fraction of sp³-hybridized carbons (Fsp3) is 0.154. The van der Waals surface area contributed by atoms with Crippen LogP contribution in [0, 0.1) is 11.3 Å². The smallest absolute Gasteiger partial charge is 0.347 e. The molecule has 2 aromatic rings. The van der Waals surface area contributed by atoms with Crippen LogP contribution in [0.1, 0.15) is 22.2 Å². The largest absolute Gasteiger partial charge is 0.477 e. The van der Waals surface area contributed by atoms with Crippen molar-refractivity contribution in [2.75, 3.05) is 11.4 Å². The van der Waals surface area contributed by atoms with Crippen molar-refractivity contribution in [1.29, 1.82) is 5.26 Å². The normalized spacial score (nSPS) is 9.89. The van der Waals surface area contributed by atoms with Crippen molar-refractivity contribution in [2.45, 2.75) is 6.92 Å². The molecule has 2 rings (SSSR count). The molecule has 96 valence electrons. The van der Waals surface area contributed by atoms with Crippen LogP contribution in [-0.4, -0.2) is 22.6 Å². The van der Waals surface area contributed by atoms with Gasteiger partial charge in [0.15, 0.2) is 5.13 Å². The number of nitrogens with zero attached hydrogens (tertiary/aromatic N) is 3. The van der Waals surface area contributed by atoms with Crippen LogP contribution >= 0.6 is 11.3 Å². The van der Waals surface area contributed by atoms with Gasteiger partial charge in [0.2, 0.25) is 0 Å². The standard InChI is InChI=1S/C13H11N3O2S/c1-2-16(10-5-3-4-9(6-10)7-14)13-15-8-11(19-13)12(17)18/h3-6,8H,2H2,1H3,(H,17,18). The summed E-state index contributed by atoms with van der Waals surface area (Å²) >= 11 is 1.11. The second kappa shape index (κ2) is 5.50. The Labute approximate surface area is 114 Å². The van der Waals surface area contributed by atoms with Gasteiger partial charge in [0.05, 0.1) is 17.8 Å². The Morgan fingerprint density at radius 2 is 2.37 bits per heavy atom. The Morgan fingerprint density at radius 3 is 2.95 bits per heavy atom. The Balaban J connectivity index is 2.38. The van der Waals surface area contributed by atoms with Crippen molar-refractivity contribution in [3.8, 4) is 6.07 Å². The van der Waals surface area contributed by atoms with Crippen molar-refractivity contribution >= 4 is 28.1 Å². The predicted molar refractivity (Wildman–Crippen MR) is 72.9 cm³/mol. The van der Waals surface area contributed by atoms with Gasteiger partial charge in [-0.15, -0.1) is 0 Å². The maximum absolute atomic E-state index is 10.9. The first-order valence-electron chi connectivity index (χ1n) is 5.62. The predicted octanol–water partition coefficient (Wildman–Crippen LogP) is 2.87. The van der Waals surface area contributed by atoms with E-state index in [9.17, 15) is 4.79 Å². The number of aromatic carboxylic acids is 1. The number of carboxylic acid groups (broad SMARTS) is 1. The number of nitriles is 1. The number of thiazole rings is 1. The lowest BCUT2D eigenvalue weighted by Crippen LogP contribution is -2.15. The zero-order valence-electron chi connectivity index (χ0n) is 10.2. The molecule has 1 aromatic carbocycles. The number of aromatic nitrogens is 1. The first kappa shape index (κ1) is 13.1. The summed E-state index contributed by atoms with van der Waals surface area (Å²) in [7, 11) is 0. The zero-order valence-corrected chi connectivity index (χ0v) is 11.0. The molecule has 1 aromatic heterocycles. The molecule has 0 radical (unpaired) electrons. The molecule has 0 unspecified atom stereocenters. The molecule has 0 aliphatic carbocycles. The molecule has 1 N–H and O–H groups in total. The van der Waals surface area contributed by atoms with Crippen LogP contribution in [0.25, 0.3) is 0 Å². The molecule has 1 heterocycles. The van der Waals surface area contributed by atoms with E-state index in [4.69, 9.17) is 10.4 Å². The monoisotopic (exact) mass is 273 g/mol. The molecule has 0 spiro atoms. The van der Waals surface area contributed by atoms with Gasteiger partial charge in [0, 0.05) is 12.2 Å². The lowest BCUT2D eigenvalue weighted by molar-refractivity contribution is 0.0702. The zero-order chi connectivity index (χ0) is 13.8.